The smallest absolute Gasteiger partial charge is 0.320 e. The molecule has 4 saturated heterocycles. The second kappa shape index (κ2) is 8.89. The molecule has 10 heteroatoms. The number of fused-ring (bicyclic) bond motifs is 6. The highest BCUT2D eigenvalue weighted by Gasteiger charge is 2.72. The molecule has 0 spiro atoms. The van der Waals surface area contributed by atoms with Gasteiger partial charge >= 0.3 is 17.9 Å². The number of rotatable bonds is 7. The summed E-state index contributed by atoms with van der Waals surface area (Å²) in [6, 6.07) is 0. The van der Waals surface area contributed by atoms with Gasteiger partial charge in [-0.15, -0.1) is 0 Å². The average Bonchev–Trinajstić information content (AvgIpc) is 3.65. The van der Waals surface area contributed by atoms with Crippen LogP contribution in [0.3, 0.4) is 0 Å². The Morgan fingerprint density at radius 2 is 1.81 bits per heavy atom. The Morgan fingerprint density at radius 3 is 2.62 bits per heavy atom. The lowest BCUT2D eigenvalue weighted by atomic mass is 9.78. The number of carbonyl (C=O) groups is 3. The Kier molecular flexibility index (Phi) is 5.84. The highest BCUT2D eigenvalue weighted by atomic mass is 16.7. The molecule has 3 aliphatic carbocycles. The van der Waals surface area contributed by atoms with Gasteiger partial charge in [-0.3, -0.25) is 19.3 Å². The first-order valence-electron chi connectivity index (χ1n) is 14.1. The molecule has 4 bridgehead atoms. The molecule has 11 atom stereocenters. The van der Waals surface area contributed by atoms with Crippen LogP contribution in [0.1, 0.15) is 46.0 Å². The molecule has 0 N–H and O–H groups in total. The molecule has 0 aromatic heterocycles. The second-order valence-corrected chi connectivity index (χ2v) is 12.5. The van der Waals surface area contributed by atoms with Crippen molar-refractivity contribution < 1.29 is 42.8 Å². The third-order valence-electron chi connectivity index (χ3n) is 10.1. The highest BCUT2D eigenvalue weighted by Crippen LogP contribution is 2.60. The summed E-state index contributed by atoms with van der Waals surface area (Å²) in [7, 11) is 0. The summed E-state index contributed by atoms with van der Waals surface area (Å²) in [5.41, 5.74) is 0. The van der Waals surface area contributed by atoms with E-state index in [4.69, 9.17) is 28.4 Å². The zero-order valence-corrected chi connectivity index (χ0v) is 21.5. The van der Waals surface area contributed by atoms with Crippen LogP contribution in [0.5, 0.6) is 0 Å². The van der Waals surface area contributed by atoms with Gasteiger partial charge in [-0.2, -0.15) is 0 Å². The van der Waals surface area contributed by atoms with Gasteiger partial charge in [0.15, 0.2) is 12.2 Å². The molecule has 204 valence electrons. The Labute approximate surface area is 216 Å². The summed E-state index contributed by atoms with van der Waals surface area (Å²) in [6.45, 7) is 6.10. The van der Waals surface area contributed by atoms with Crippen molar-refractivity contribution in [2.24, 2.45) is 35.5 Å². The number of hydrogen-bond acceptors (Lipinski definition) is 10. The minimum atomic E-state index is -1.13. The molecule has 3 saturated carbocycles. The molecule has 4 heterocycles. The van der Waals surface area contributed by atoms with Crippen molar-refractivity contribution in [1.29, 1.82) is 0 Å². The lowest BCUT2D eigenvalue weighted by Crippen LogP contribution is -2.50. The number of hydrogen-bond donors (Lipinski definition) is 0. The summed E-state index contributed by atoms with van der Waals surface area (Å²) < 4.78 is 35.0. The minimum Gasteiger partial charge on any atom is -0.455 e. The largest absolute Gasteiger partial charge is 0.455 e. The lowest BCUT2D eigenvalue weighted by Gasteiger charge is -2.37. The minimum absolute atomic E-state index is 0.0955. The van der Waals surface area contributed by atoms with Gasteiger partial charge in [0.05, 0.1) is 25.9 Å². The molecule has 11 unspecified atom stereocenters. The first-order valence-corrected chi connectivity index (χ1v) is 14.1. The Morgan fingerprint density at radius 1 is 1.03 bits per heavy atom. The first-order chi connectivity index (χ1) is 17.8. The zero-order chi connectivity index (χ0) is 25.5. The van der Waals surface area contributed by atoms with Crippen LogP contribution >= 0.6 is 0 Å². The van der Waals surface area contributed by atoms with Crippen molar-refractivity contribution in [3.63, 3.8) is 0 Å². The number of carbonyl (C=O) groups excluding carboxylic acids is 3. The van der Waals surface area contributed by atoms with Crippen molar-refractivity contribution in [2.45, 2.75) is 82.3 Å². The van der Waals surface area contributed by atoms with Crippen molar-refractivity contribution in [2.75, 3.05) is 32.8 Å². The maximum Gasteiger partial charge on any atom is 0.320 e. The van der Waals surface area contributed by atoms with Gasteiger partial charge in [-0.1, -0.05) is 6.42 Å². The standard InChI is InChI=1S/C27H37NO9/c1-27(2,36-17-11-13-10-16(17)15-5-3-4-14(13)15)37-26(31)20-19-21-24(35-25(19)30)23(22(20)34-21)33-18(29)12-28-6-8-32-9-7-28/h13-17,19-24H,3-12H2,1-2H3. The maximum absolute atomic E-state index is 13.5. The quantitative estimate of drug-likeness (QED) is 0.277. The summed E-state index contributed by atoms with van der Waals surface area (Å²) in [4.78, 5) is 40.8. The van der Waals surface area contributed by atoms with E-state index in [1.807, 2.05) is 4.90 Å². The van der Waals surface area contributed by atoms with Crippen molar-refractivity contribution in [1.82, 2.24) is 4.90 Å². The van der Waals surface area contributed by atoms with Crippen molar-refractivity contribution in [3.05, 3.63) is 0 Å². The SMILES string of the molecule is CC(C)(OC(=O)C1C2OC3C(OC(=O)C31)C2OC(=O)CN1CCOCC1)OC1CC2CC1C1CCCC21. The number of esters is 3. The molecule has 10 nitrogen and oxygen atoms in total. The molecule has 0 aromatic carbocycles. The molecule has 7 aliphatic rings. The molecule has 7 rings (SSSR count). The van der Waals surface area contributed by atoms with Gasteiger partial charge in [0.1, 0.15) is 24.0 Å². The first kappa shape index (κ1) is 24.3. The maximum atomic E-state index is 13.5. The predicted molar refractivity (Wildman–Crippen MR) is 125 cm³/mol. The van der Waals surface area contributed by atoms with Crippen LogP contribution in [0.25, 0.3) is 0 Å². The van der Waals surface area contributed by atoms with Crippen LogP contribution in [-0.4, -0.2) is 92.0 Å². The average molecular weight is 520 g/mol. The Balaban J connectivity index is 1.00. The third-order valence-corrected chi connectivity index (χ3v) is 10.1. The number of morpholine rings is 1. The summed E-state index contributed by atoms with van der Waals surface area (Å²) >= 11 is 0. The van der Waals surface area contributed by atoms with Crippen LogP contribution in [-0.2, 0) is 42.8 Å². The predicted octanol–water partition coefficient (Wildman–Crippen LogP) is 1.29. The lowest BCUT2D eigenvalue weighted by molar-refractivity contribution is -0.246. The molecule has 0 radical (unpaired) electrons. The van der Waals surface area contributed by atoms with E-state index >= 15 is 0 Å². The van der Waals surface area contributed by atoms with E-state index in [0.29, 0.717) is 32.2 Å². The van der Waals surface area contributed by atoms with Gasteiger partial charge < -0.3 is 28.4 Å². The van der Waals surface area contributed by atoms with Crippen LogP contribution in [0.4, 0.5) is 0 Å². The van der Waals surface area contributed by atoms with E-state index in [2.05, 4.69) is 0 Å². The van der Waals surface area contributed by atoms with Gasteiger partial charge in [0, 0.05) is 26.9 Å². The fourth-order valence-corrected chi connectivity index (χ4v) is 8.71. The molecule has 4 aliphatic heterocycles. The van der Waals surface area contributed by atoms with Crippen molar-refractivity contribution in [3.8, 4) is 0 Å². The molecule has 37 heavy (non-hydrogen) atoms. The normalized spacial score (nSPS) is 45.8. The van der Waals surface area contributed by atoms with E-state index in [1.54, 1.807) is 13.8 Å². The van der Waals surface area contributed by atoms with Gasteiger partial charge in [-0.25, -0.2) is 0 Å². The number of nitrogens with zero attached hydrogens (tertiary/aromatic N) is 1. The van der Waals surface area contributed by atoms with Gasteiger partial charge in [-0.05, 0) is 49.4 Å². The summed E-state index contributed by atoms with van der Waals surface area (Å²) in [6.07, 6.45) is 3.40. The number of ether oxygens (including phenoxy) is 6. The van der Waals surface area contributed by atoms with Crippen LogP contribution in [0.2, 0.25) is 0 Å². The van der Waals surface area contributed by atoms with Gasteiger partial charge in [0.25, 0.3) is 0 Å². The van der Waals surface area contributed by atoms with E-state index in [0.717, 1.165) is 24.2 Å². The molecule has 0 amide bonds. The van der Waals surface area contributed by atoms with E-state index in [-0.39, 0.29) is 12.6 Å². The van der Waals surface area contributed by atoms with E-state index < -0.39 is 59.9 Å². The fourth-order valence-electron chi connectivity index (χ4n) is 8.71. The topological polar surface area (TPSA) is 110 Å². The Bertz CT molecular complexity index is 964. The fraction of sp³-hybridized carbons (Fsp3) is 0.889. The molecular weight excluding hydrogens is 482 g/mol. The monoisotopic (exact) mass is 519 g/mol. The summed E-state index contributed by atoms with van der Waals surface area (Å²) in [5, 5.41) is 0. The van der Waals surface area contributed by atoms with Crippen LogP contribution in [0, 0.1) is 35.5 Å². The molecular formula is C27H37NO9. The third kappa shape index (κ3) is 4.01. The van der Waals surface area contributed by atoms with E-state index in [9.17, 15) is 14.4 Å². The zero-order valence-electron chi connectivity index (χ0n) is 21.5. The molecule has 0 aromatic rings. The molecule has 7 fully saturated rings. The van der Waals surface area contributed by atoms with Crippen molar-refractivity contribution >= 4 is 17.9 Å². The highest BCUT2D eigenvalue weighted by molar-refractivity contribution is 5.87. The Hall–Kier alpha value is -1.75. The van der Waals surface area contributed by atoms with Crippen LogP contribution in [0.15, 0.2) is 0 Å². The second-order valence-electron chi connectivity index (χ2n) is 12.5. The van der Waals surface area contributed by atoms with Crippen LogP contribution < -0.4 is 0 Å². The van der Waals surface area contributed by atoms with E-state index in [1.165, 1.54) is 25.7 Å². The summed E-state index contributed by atoms with van der Waals surface area (Å²) in [5.74, 6) is -1.38. The van der Waals surface area contributed by atoms with Gasteiger partial charge in [0.2, 0.25) is 5.79 Å².